The fourth-order valence-electron chi connectivity index (χ4n) is 3.87. The van der Waals surface area contributed by atoms with E-state index in [9.17, 15) is 14.4 Å². The van der Waals surface area contributed by atoms with Gasteiger partial charge in [-0.15, -0.1) is 0 Å². The standard InChI is InChI=1S/C29H47N3O4/c1-13-20-15-14-16-21(18-20)23(24(33)31-27(4,5)6)32(28(7,8)9)25(34)22(17-19(2)3)30-26(35)36-29(10,11)12/h13-16,18-19,22-23H,1,17H2,2-12H3,(H,30,35)(H,31,33). The molecule has 0 fully saturated rings. The number of ether oxygens (including phenoxy) is 1. The number of carbonyl (C=O) groups excluding carboxylic acids is 3. The summed E-state index contributed by atoms with van der Waals surface area (Å²) in [6.45, 7) is 24.5. The van der Waals surface area contributed by atoms with Crippen LogP contribution in [0.1, 0.15) is 99.8 Å². The summed E-state index contributed by atoms with van der Waals surface area (Å²) < 4.78 is 5.44. The monoisotopic (exact) mass is 501 g/mol. The Morgan fingerprint density at radius 3 is 2.06 bits per heavy atom. The summed E-state index contributed by atoms with van der Waals surface area (Å²) in [5.41, 5.74) is -0.457. The third-order valence-corrected chi connectivity index (χ3v) is 5.12. The van der Waals surface area contributed by atoms with Crippen molar-refractivity contribution < 1.29 is 19.1 Å². The van der Waals surface area contributed by atoms with E-state index in [2.05, 4.69) is 17.2 Å². The summed E-state index contributed by atoms with van der Waals surface area (Å²) in [6.07, 6.45) is 1.43. The second-order valence-corrected chi connectivity index (χ2v) is 12.7. The first-order valence-electron chi connectivity index (χ1n) is 12.6. The van der Waals surface area contributed by atoms with Crippen LogP contribution in [0.4, 0.5) is 4.79 Å². The van der Waals surface area contributed by atoms with Gasteiger partial charge in [-0.25, -0.2) is 4.79 Å². The summed E-state index contributed by atoms with van der Waals surface area (Å²) in [5, 5.41) is 5.82. The van der Waals surface area contributed by atoms with Crippen LogP contribution in [-0.2, 0) is 14.3 Å². The van der Waals surface area contributed by atoms with Gasteiger partial charge >= 0.3 is 6.09 Å². The minimum absolute atomic E-state index is 0.113. The molecule has 0 radical (unpaired) electrons. The minimum Gasteiger partial charge on any atom is -0.444 e. The zero-order chi connectivity index (χ0) is 28.1. The van der Waals surface area contributed by atoms with Crippen LogP contribution in [0.15, 0.2) is 30.8 Å². The second-order valence-electron chi connectivity index (χ2n) is 12.7. The molecule has 1 aromatic carbocycles. The molecule has 0 aliphatic heterocycles. The summed E-state index contributed by atoms with van der Waals surface area (Å²) in [5.74, 6) is -0.533. The molecule has 0 aliphatic carbocycles. The Balaban J connectivity index is 3.65. The van der Waals surface area contributed by atoms with E-state index in [1.165, 1.54) is 0 Å². The van der Waals surface area contributed by atoms with Gasteiger partial charge in [-0.05, 0) is 91.8 Å². The molecule has 36 heavy (non-hydrogen) atoms. The Hall–Kier alpha value is -2.83. The molecular weight excluding hydrogens is 454 g/mol. The van der Waals surface area contributed by atoms with Crippen molar-refractivity contribution in [2.75, 3.05) is 0 Å². The first-order valence-corrected chi connectivity index (χ1v) is 12.6. The van der Waals surface area contributed by atoms with Crippen molar-refractivity contribution >= 4 is 24.0 Å². The minimum atomic E-state index is -0.924. The van der Waals surface area contributed by atoms with Crippen molar-refractivity contribution in [2.24, 2.45) is 5.92 Å². The van der Waals surface area contributed by atoms with Gasteiger partial charge in [-0.3, -0.25) is 9.59 Å². The Morgan fingerprint density at radius 2 is 1.61 bits per heavy atom. The highest BCUT2D eigenvalue weighted by Gasteiger charge is 2.42. The van der Waals surface area contributed by atoms with Crippen molar-refractivity contribution in [2.45, 2.75) is 111 Å². The zero-order valence-corrected chi connectivity index (χ0v) is 24.1. The molecule has 0 heterocycles. The lowest BCUT2D eigenvalue weighted by atomic mass is 9.92. The summed E-state index contributed by atoms with van der Waals surface area (Å²) in [4.78, 5) is 42.2. The van der Waals surface area contributed by atoms with Gasteiger partial charge in [0.25, 0.3) is 0 Å². The average Bonchev–Trinajstić information content (AvgIpc) is 2.66. The summed E-state index contributed by atoms with van der Waals surface area (Å²) in [6, 6.07) is 5.65. The molecule has 1 rings (SSSR count). The maximum absolute atomic E-state index is 14.2. The second kappa shape index (κ2) is 11.9. The molecule has 0 saturated heterocycles. The molecule has 0 aliphatic rings. The predicted octanol–water partition coefficient (Wildman–Crippen LogP) is 5.85. The van der Waals surface area contributed by atoms with Crippen molar-refractivity contribution in [1.82, 2.24) is 15.5 Å². The quantitative estimate of drug-likeness (QED) is 0.468. The van der Waals surface area contributed by atoms with Gasteiger partial charge in [0.05, 0.1) is 0 Å². The van der Waals surface area contributed by atoms with Crippen molar-refractivity contribution in [1.29, 1.82) is 0 Å². The van der Waals surface area contributed by atoms with Crippen molar-refractivity contribution in [3.05, 3.63) is 42.0 Å². The van der Waals surface area contributed by atoms with Crippen LogP contribution in [-0.4, -0.2) is 45.5 Å². The number of hydrogen-bond acceptors (Lipinski definition) is 4. The molecule has 202 valence electrons. The van der Waals surface area contributed by atoms with Gasteiger partial charge in [0.1, 0.15) is 17.7 Å². The van der Waals surface area contributed by atoms with Gasteiger partial charge in [0.15, 0.2) is 0 Å². The molecule has 0 aromatic heterocycles. The van der Waals surface area contributed by atoms with Crippen LogP contribution in [0.2, 0.25) is 0 Å². The fourth-order valence-corrected chi connectivity index (χ4v) is 3.87. The van der Waals surface area contributed by atoms with Crippen molar-refractivity contribution in [3.8, 4) is 0 Å². The number of benzene rings is 1. The van der Waals surface area contributed by atoms with Crippen LogP contribution < -0.4 is 10.6 Å². The number of nitrogens with zero attached hydrogens (tertiary/aromatic N) is 1. The Bertz CT molecular complexity index is 933. The number of rotatable bonds is 8. The number of carbonyl (C=O) groups is 3. The highest BCUT2D eigenvalue weighted by atomic mass is 16.6. The summed E-state index contributed by atoms with van der Waals surface area (Å²) >= 11 is 0. The van der Waals surface area contributed by atoms with Gasteiger partial charge in [0.2, 0.25) is 11.8 Å². The third kappa shape index (κ3) is 10.0. The molecule has 3 amide bonds. The lowest BCUT2D eigenvalue weighted by Gasteiger charge is -2.44. The SMILES string of the molecule is C=Cc1cccc(C(C(=O)NC(C)(C)C)N(C(=O)C(CC(C)C)NC(=O)OC(C)(C)C)C(C)(C)C)c1. The lowest BCUT2D eigenvalue weighted by molar-refractivity contribution is -0.149. The Labute approximate surface area is 218 Å². The molecular formula is C29H47N3O4. The number of hydrogen-bond donors (Lipinski definition) is 2. The first-order chi connectivity index (χ1) is 16.2. The van der Waals surface area contributed by atoms with E-state index >= 15 is 0 Å². The van der Waals surface area contributed by atoms with Crippen LogP contribution in [0, 0.1) is 5.92 Å². The van der Waals surface area contributed by atoms with E-state index in [1.807, 2.05) is 79.7 Å². The highest BCUT2D eigenvalue weighted by molar-refractivity contribution is 5.93. The third-order valence-electron chi connectivity index (χ3n) is 5.12. The van der Waals surface area contributed by atoms with E-state index in [4.69, 9.17) is 4.74 Å². The topological polar surface area (TPSA) is 87.7 Å². The molecule has 7 heteroatoms. The molecule has 2 atom stereocenters. The number of amides is 3. The van der Waals surface area contributed by atoms with E-state index < -0.39 is 34.9 Å². The molecule has 2 unspecified atom stereocenters. The van der Waals surface area contributed by atoms with E-state index in [0.717, 1.165) is 5.56 Å². The molecule has 7 nitrogen and oxygen atoms in total. The average molecular weight is 502 g/mol. The van der Waals surface area contributed by atoms with Crippen LogP contribution in [0.5, 0.6) is 0 Å². The maximum atomic E-state index is 14.2. The zero-order valence-electron chi connectivity index (χ0n) is 24.1. The fraction of sp³-hybridized carbons (Fsp3) is 0.621. The van der Waals surface area contributed by atoms with E-state index in [1.54, 1.807) is 31.7 Å². The molecule has 0 spiro atoms. The largest absolute Gasteiger partial charge is 0.444 e. The van der Waals surface area contributed by atoms with Gasteiger partial charge in [-0.1, -0.05) is 44.7 Å². The van der Waals surface area contributed by atoms with Crippen molar-refractivity contribution in [3.63, 3.8) is 0 Å². The number of alkyl carbamates (subject to hydrolysis) is 1. The van der Waals surface area contributed by atoms with Crippen LogP contribution >= 0.6 is 0 Å². The van der Waals surface area contributed by atoms with Gasteiger partial charge in [0, 0.05) is 11.1 Å². The first kappa shape index (κ1) is 31.2. The van der Waals surface area contributed by atoms with Crippen LogP contribution in [0.3, 0.4) is 0 Å². The van der Waals surface area contributed by atoms with E-state index in [0.29, 0.717) is 12.0 Å². The smallest absolute Gasteiger partial charge is 0.408 e. The molecule has 0 bridgehead atoms. The summed E-state index contributed by atoms with van der Waals surface area (Å²) in [7, 11) is 0. The molecule has 1 aromatic rings. The Morgan fingerprint density at radius 1 is 1.03 bits per heavy atom. The normalized spacial score (nSPS) is 14.0. The molecule has 2 N–H and O–H groups in total. The Kier molecular flexibility index (Phi) is 10.3. The lowest BCUT2D eigenvalue weighted by Crippen LogP contribution is -2.59. The van der Waals surface area contributed by atoms with E-state index in [-0.39, 0.29) is 17.7 Å². The molecule has 0 saturated carbocycles. The highest BCUT2D eigenvalue weighted by Crippen LogP contribution is 2.32. The maximum Gasteiger partial charge on any atom is 0.408 e. The predicted molar refractivity (Wildman–Crippen MR) is 146 cm³/mol. The van der Waals surface area contributed by atoms with Gasteiger partial charge in [-0.2, -0.15) is 0 Å². The van der Waals surface area contributed by atoms with Crippen LogP contribution in [0.25, 0.3) is 6.08 Å². The van der Waals surface area contributed by atoms with Gasteiger partial charge < -0.3 is 20.3 Å². The number of nitrogens with one attached hydrogen (secondary N) is 2.